The molecule has 0 unspecified atom stereocenters. The van der Waals surface area contributed by atoms with Gasteiger partial charge in [0.15, 0.2) is 0 Å². The Bertz CT molecular complexity index is 952. The Hall–Kier alpha value is -1.97. The molecule has 7 heteroatoms. The minimum absolute atomic E-state index is 0.0935. The number of anilines is 1. The normalized spacial score (nSPS) is 15.3. The number of rotatable bonds is 1. The molecule has 0 N–H and O–H groups in total. The summed E-state index contributed by atoms with van der Waals surface area (Å²) in [6, 6.07) is 2.29. The van der Waals surface area contributed by atoms with Crippen LogP contribution in [0.2, 0.25) is 5.02 Å². The summed E-state index contributed by atoms with van der Waals surface area (Å²) in [6.45, 7) is 5.37. The molecule has 4 heterocycles. The van der Waals surface area contributed by atoms with E-state index in [4.69, 9.17) is 16.9 Å². The Kier molecular flexibility index (Phi) is 2.96. The standard InChI is InChI=1S/C15H12ClN5S/c1-7-10-12-13(22-15(10)20-8(2)11(7)16)14(19-6-18-12)21-4-9(3-17)5-21/h6,9H,4-5H2,1-2H3. The maximum Gasteiger partial charge on any atom is 0.150 e. The van der Waals surface area contributed by atoms with E-state index in [9.17, 15) is 0 Å². The number of nitriles is 1. The van der Waals surface area contributed by atoms with E-state index in [1.807, 2.05) is 13.8 Å². The third kappa shape index (κ3) is 1.79. The Balaban J connectivity index is 1.97. The number of aromatic nitrogens is 3. The fraction of sp³-hybridized carbons (Fsp3) is 0.333. The van der Waals surface area contributed by atoms with Crippen molar-refractivity contribution in [3.63, 3.8) is 0 Å². The van der Waals surface area contributed by atoms with E-state index in [-0.39, 0.29) is 5.92 Å². The Morgan fingerprint density at radius 2 is 2.14 bits per heavy atom. The van der Waals surface area contributed by atoms with Gasteiger partial charge in [-0.1, -0.05) is 11.6 Å². The maximum atomic E-state index is 8.94. The smallest absolute Gasteiger partial charge is 0.150 e. The molecule has 110 valence electrons. The summed E-state index contributed by atoms with van der Waals surface area (Å²) in [5.41, 5.74) is 2.75. The fourth-order valence-corrected chi connectivity index (χ4v) is 4.23. The summed E-state index contributed by atoms with van der Waals surface area (Å²) in [6.07, 6.45) is 1.58. The van der Waals surface area contributed by atoms with E-state index in [1.54, 1.807) is 17.7 Å². The molecule has 0 spiro atoms. The molecule has 22 heavy (non-hydrogen) atoms. The van der Waals surface area contributed by atoms with E-state index in [0.717, 1.165) is 50.6 Å². The predicted molar refractivity (Wildman–Crippen MR) is 88.5 cm³/mol. The van der Waals surface area contributed by atoms with Crippen molar-refractivity contribution in [1.29, 1.82) is 5.26 Å². The van der Waals surface area contributed by atoms with Gasteiger partial charge in [0.05, 0.1) is 32.9 Å². The zero-order valence-electron chi connectivity index (χ0n) is 12.1. The monoisotopic (exact) mass is 329 g/mol. The SMILES string of the molecule is Cc1nc2sc3c(N4CC(C#N)C4)ncnc3c2c(C)c1Cl. The fourth-order valence-electron chi connectivity index (χ4n) is 2.84. The second-order valence-corrected chi connectivity index (χ2v) is 6.90. The van der Waals surface area contributed by atoms with Crippen molar-refractivity contribution < 1.29 is 0 Å². The number of hydrogen-bond donors (Lipinski definition) is 0. The number of hydrogen-bond acceptors (Lipinski definition) is 6. The molecule has 1 aliphatic heterocycles. The van der Waals surface area contributed by atoms with E-state index in [0.29, 0.717) is 5.02 Å². The number of nitrogens with zero attached hydrogens (tertiary/aromatic N) is 5. The second kappa shape index (κ2) is 4.77. The van der Waals surface area contributed by atoms with Crippen molar-refractivity contribution in [3.05, 3.63) is 22.6 Å². The number of fused-ring (bicyclic) bond motifs is 3. The van der Waals surface area contributed by atoms with Crippen molar-refractivity contribution in [2.45, 2.75) is 13.8 Å². The van der Waals surface area contributed by atoms with E-state index < -0.39 is 0 Å². The zero-order valence-corrected chi connectivity index (χ0v) is 13.7. The lowest BCUT2D eigenvalue weighted by Gasteiger charge is -2.36. The second-order valence-electron chi connectivity index (χ2n) is 5.52. The largest absolute Gasteiger partial charge is 0.353 e. The van der Waals surface area contributed by atoms with Gasteiger partial charge in [-0.25, -0.2) is 15.0 Å². The van der Waals surface area contributed by atoms with Gasteiger partial charge in [0.25, 0.3) is 0 Å². The minimum atomic E-state index is 0.0935. The van der Waals surface area contributed by atoms with Crippen LogP contribution in [0.15, 0.2) is 6.33 Å². The Morgan fingerprint density at radius 3 is 2.86 bits per heavy atom. The molecule has 5 nitrogen and oxygen atoms in total. The van der Waals surface area contributed by atoms with Crippen LogP contribution >= 0.6 is 22.9 Å². The first kappa shape index (κ1) is 13.7. The van der Waals surface area contributed by atoms with E-state index >= 15 is 0 Å². The van der Waals surface area contributed by atoms with Crippen molar-refractivity contribution >= 4 is 49.2 Å². The van der Waals surface area contributed by atoms with Gasteiger partial charge in [0.2, 0.25) is 0 Å². The van der Waals surface area contributed by atoms with Crippen LogP contribution in [0.4, 0.5) is 5.82 Å². The van der Waals surface area contributed by atoms with Gasteiger partial charge in [-0.2, -0.15) is 5.26 Å². The molecular weight excluding hydrogens is 318 g/mol. The summed E-state index contributed by atoms with van der Waals surface area (Å²) in [5.74, 6) is 0.989. The van der Waals surface area contributed by atoms with E-state index in [1.165, 1.54) is 0 Å². The molecular formula is C15H12ClN5S. The first-order valence-corrected chi connectivity index (χ1v) is 8.14. The molecule has 0 aromatic carbocycles. The van der Waals surface area contributed by atoms with Crippen LogP contribution < -0.4 is 4.90 Å². The third-order valence-corrected chi connectivity index (χ3v) is 5.71. The topological polar surface area (TPSA) is 65.7 Å². The van der Waals surface area contributed by atoms with Crippen LogP contribution in [0.3, 0.4) is 0 Å². The van der Waals surface area contributed by atoms with Crippen molar-refractivity contribution in [1.82, 2.24) is 15.0 Å². The van der Waals surface area contributed by atoms with Crippen LogP contribution in [0.1, 0.15) is 11.3 Å². The van der Waals surface area contributed by atoms with Crippen LogP contribution in [0, 0.1) is 31.1 Å². The zero-order chi connectivity index (χ0) is 15.4. The average molecular weight is 330 g/mol. The molecule has 3 aromatic heterocycles. The average Bonchev–Trinajstić information content (AvgIpc) is 2.82. The molecule has 3 aromatic rings. The van der Waals surface area contributed by atoms with E-state index in [2.05, 4.69) is 25.9 Å². The molecule has 1 fully saturated rings. The summed E-state index contributed by atoms with van der Waals surface area (Å²) in [5, 5.41) is 10.7. The molecule has 0 radical (unpaired) electrons. The highest BCUT2D eigenvalue weighted by atomic mass is 35.5. The van der Waals surface area contributed by atoms with Gasteiger partial charge in [-0.3, -0.25) is 0 Å². The molecule has 0 atom stereocenters. The maximum absolute atomic E-state index is 8.94. The number of pyridine rings is 1. The van der Waals surface area contributed by atoms with Gasteiger partial charge in [0, 0.05) is 18.5 Å². The van der Waals surface area contributed by atoms with Gasteiger partial charge >= 0.3 is 0 Å². The summed E-state index contributed by atoms with van der Waals surface area (Å²) >= 11 is 7.94. The molecule has 0 aliphatic carbocycles. The van der Waals surface area contributed by atoms with Gasteiger partial charge in [-0.15, -0.1) is 11.3 Å². The quantitative estimate of drug-likeness (QED) is 0.684. The molecule has 4 rings (SSSR count). The lowest BCUT2D eigenvalue weighted by atomic mass is 10.0. The first-order chi connectivity index (χ1) is 10.6. The Morgan fingerprint density at radius 1 is 1.36 bits per heavy atom. The van der Waals surface area contributed by atoms with Crippen LogP contribution in [0.5, 0.6) is 0 Å². The van der Waals surface area contributed by atoms with Gasteiger partial charge < -0.3 is 4.90 Å². The van der Waals surface area contributed by atoms with Crippen LogP contribution in [-0.2, 0) is 0 Å². The highest BCUT2D eigenvalue weighted by Gasteiger charge is 2.30. The van der Waals surface area contributed by atoms with Crippen molar-refractivity contribution in [3.8, 4) is 6.07 Å². The Labute approximate surface area is 136 Å². The molecule has 1 saturated heterocycles. The summed E-state index contributed by atoms with van der Waals surface area (Å²) in [7, 11) is 0. The van der Waals surface area contributed by atoms with Crippen LogP contribution in [-0.4, -0.2) is 28.0 Å². The summed E-state index contributed by atoms with van der Waals surface area (Å²) < 4.78 is 1.02. The first-order valence-electron chi connectivity index (χ1n) is 6.94. The highest BCUT2D eigenvalue weighted by molar-refractivity contribution is 7.26. The minimum Gasteiger partial charge on any atom is -0.353 e. The molecule has 0 amide bonds. The van der Waals surface area contributed by atoms with Gasteiger partial charge in [0.1, 0.15) is 17.0 Å². The van der Waals surface area contributed by atoms with Crippen molar-refractivity contribution in [2.24, 2.45) is 5.92 Å². The van der Waals surface area contributed by atoms with Crippen molar-refractivity contribution in [2.75, 3.05) is 18.0 Å². The lowest BCUT2D eigenvalue weighted by molar-refractivity contribution is 0.501. The number of aryl methyl sites for hydroxylation is 2. The molecule has 0 saturated carbocycles. The lowest BCUT2D eigenvalue weighted by Crippen LogP contribution is -2.46. The third-order valence-electron chi connectivity index (χ3n) is 4.09. The summed E-state index contributed by atoms with van der Waals surface area (Å²) in [4.78, 5) is 16.5. The highest BCUT2D eigenvalue weighted by Crippen LogP contribution is 2.41. The van der Waals surface area contributed by atoms with Crippen LogP contribution in [0.25, 0.3) is 20.4 Å². The number of halogens is 1. The predicted octanol–water partition coefficient (Wildman–Crippen LogP) is 3.47. The molecule has 0 bridgehead atoms. The molecule has 1 aliphatic rings. The number of thiophene rings is 1. The van der Waals surface area contributed by atoms with Gasteiger partial charge in [-0.05, 0) is 19.4 Å².